The van der Waals surface area contributed by atoms with E-state index in [1.54, 1.807) is 60.4 Å². The molecule has 1 fully saturated rings. The van der Waals surface area contributed by atoms with Crippen molar-refractivity contribution in [3.05, 3.63) is 75.7 Å². The average molecular weight is 525 g/mol. The number of esters is 1. The molecular weight excluding hydrogens is 496 g/mol. The minimum Gasteiger partial charge on any atom is -0.490 e. The number of ether oxygens (including phenoxy) is 2. The third-order valence-electron chi connectivity index (χ3n) is 6.12. The molecule has 2 heterocycles. The van der Waals surface area contributed by atoms with Crippen LogP contribution in [0, 0.1) is 5.92 Å². The number of anilines is 2. The molecule has 4 rings (SSSR count). The van der Waals surface area contributed by atoms with Crippen LogP contribution in [0.25, 0.3) is 5.69 Å². The predicted molar refractivity (Wildman–Crippen MR) is 141 cm³/mol. The summed E-state index contributed by atoms with van der Waals surface area (Å²) < 4.78 is 12.0. The number of hydrogen-bond acceptors (Lipinski definition) is 7. The van der Waals surface area contributed by atoms with Crippen LogP contribution in [0.4, 0.5) is 11.4 Å². The first-order valence-corrected chi connectivity index (χ1v) is 12.6. The Hall–Kier alpha value is -3.85. The van der Waals surface area contributed by atoms with Crippen LogP contribution in [0.2, 0.25) is 5.02 Å². The number of rotatable bonds is 8. The molecule has 0 bridgehead atoms. The molecule has 194 valence electrons. The average Bonchev–Trinajstić information content (AvgIpc) is 2.92. The van der Waals surface area contributed by atoms with Gasteiger partial charge in [-0.1, -0.05) is 11.6 Å². The van der Waals surface area contributed by atoms with Crippen LogP contribution in [0.15, 0.2) is 59.5 Å². The first kappa shape index (κ1) is 26.2. The van der Waals surface area contributed by atoms with E-state index in [1.807, 2.05) is 6.92 Å². The Balaban J connectivity index is 1.49. The second kappa shape index (κ2) is 11.9. The Kier molecular flexibility index (Phi) is 8.45. The number of aromatic nitrogens is 2. The predicted octanol–water partition coefficient (Wildman–Crippen LogP) is 4.44. The van der Waals surface area contributed by atoms with Gasteiger partial charge in [0, 0.05) is 29.4 Å². The molecule has 10 heteroatoms. The topological polar surface area (TPSA) is 103 Å². The van der Waals surface area contributed by atoms with Crippen LogP contribution >= 0.6 is 11.6 Å². The van der Waals surface area contributed by atoms with Crippen molar-refractivity contribution >= 4 is 34.9 Å². The minimum absolute atomic E-state index is 0.0992. The summed E-state index contributed by atoms with van der Waals surface area (Å²) in [6.07, 6.45) is 2.67. The lowest BCUT2D eigenvalue weighted by Crippen LogP contribution is -2.40. The molecular formula is C27H29ClN4O5. The van der Waals surface area contributed by atoms with Gasteiger partial charge in [-0.2, -0.15) is 9.78 Å². The first-order valence-electron chi connectivity index (χ1n) is 12.2. The Morgan fingerprint density at radius 3 is 2.32 bits per heavy atom. The molecule has 37 heavy (non-hydrogen) atoms. The van der Waals surface area contributed by atoms with Crippen molar-refractivity contribution in [3.63, 3.8) is 0 Å². The molecule has 1 aliphatic heterocycles. The number of nitrogens with one attached hydrogen (secondary N) is 1. The van der Waals surface area contributed by atoms with E-state index in [1.165, 1.54) is 10.9 Å². The van der Waals surface area contributed by atoms with Crippen molar-refractivity contribution in [2.24, 2.45) is 5.92 Å². The van der Waals surface area contributed by atoms with Gasteiger partial charge in [0.15, 0.2) is 11.4 Å². The zero-order valence-electron chi connectivity index (χ0n) is 20.8. The van der Waals surface area contributed by atoms with Crippen LogP contribution in [-0.4, -0.2) is 52.9 Å². The number of nitrogens with zero attached hydrogens (tertiary/aromatic N) is 3. The van der Waals surface area contributed by atoms with Gasteiger partial charge in [-0.15, -0.1) is 0 Å². The van der Waals surface area contributed by atoms with Crippen LogP contribution in [0.3, 0.4) is 0 Å². The van der Waals surface area contributed by atoms with Crippen molar-refractivity contribution in [2.75, 3.05) is 31.6 Å². The van der Waals surface area contributed by atoms with Crippen molar-refractivity contribution in [1.29, 1.82) is 0 Å². The Morgan fingerprint density at radius 1 is 1.03 bits per heavy atom. The second-order valence-electron chi connectivity index (χ2n) is 8.53. The van der Waals surface area contributed by atoms with Crippen LogP contribution in [-0.2, 0) is 9.53 Å². The van der Waals surface area contributed by atoms with E-state index in [0.717, 1.165) is 0 Å². The lowest BCUT2D eigenvalue weighted by Gasteiger charge is -2.31. The highest BCUT2D eigenvalue weighted by Crippen LogP contribution is 2.25. The molecule has 0 unspecified atom stereocenters. The van der Waals surface area contributed by atoms with E-state index < -0.39 is 5.56 Å². The van der Waals surface area contributed by atoms with E-state index in [9.17, 15) is 14.4 Å². The number of carbonyl (C=O) groups excluding carboxylic acids is 2. The molecule has 0 atom stereocenters. The summed E-state index contributed by atoms with van der Waals surface area (Å²) in [6, 6.07) is 13.7. The summed E-state index contributed by atoms with van der Waals surface area (Å²) in [7, 11) is 0. The highest BCUT2D eigenvalue weighted by molar-refractivity contribution is 6.30. The molecule has 1 N–H and O–H groups in total. The SMILES string of the molecule is CCOC(=O)C1CCN(C(=O)c2ccc(Nc3c(OCC)cnn(-c4ccc(Cl)cc4)c3=O)cc2)CC1. The van der Waals surface area contributed by atoms with Gasteiger partial charge in [-0.3, -0.25) is 14.4 Å². The molecule has 0 saturated carbocycles. The van der Waals surface area contributed by atoms with Crippen LogP contribution in [0.5, 0.6) is 5.75 Å². The molecule has 0 spiro atoms. The summed E-state index contributed by atoms with van der Waals surface area (Å²) in [5, 5.41) is 7.91. The summed E-state index contributed by atoms with van der Waals surface area (Å²) in [5.41, 5.74) is 1.54. The maximum atomic E-state index is 13.3. The Labute approximate surface area is 219 Å². The molecule has 1 saturated heterocycles. The molecule has 1 aromatic heterocycles. The van der Waals surface area contributed by atoms with Gasteiger partial charge in [0.1, 0.15) is 0 Å². The molecule has 1 aliphatic rings. The number of likely N-dealkylation sites (tertiary alicyclic amines) is 1. The quantitative estimate of drug-likeness (QED) is 0.434. The highest BCUT2D eigenvalue weighted by Gasteiger charge is 2.28. The van der Waals surface area contributed by atoms with Gasteiger partial charge in [0.2, 0.25) is 0 Å². The van der Waals surface area contributed by atoms with E-state index in [0.29, 0.717) is 66.9 Å². The molecule has 0 aliphatic carbocycles. The van der Waals surface area contributed by atoms with E-state index in [4.69, 9.17) is 21.1 Å². The lowest BCUT2D eigenvalue weighted by molar-refractivity contribution is -0.149. The van der Waals surface area contributed by atoms with Gasteiger partial charge in [0.05, 0.1) is 31.0 Å². The van der Waals surface area contributed by atoms with Gasteiger partial charge in [-0.25, -0.2) is 0 Å². The number of amides is 1. The Bertz CT molecular complexity index is 1300. The number of benzene rings is 2. The number of hydrogen-bond donors (Lipinski definition) is 1. The fraction of sp³-hybridized carbons (Fsp3) is 0.333. The minimum atomic E-state index is -0.391. The fourth-order valence-electron chi connectivity index (χ4n) is 4.19. The maximum absolute atomic E-state index is 13.3. The fourth-order valence-corrected chi connectivity index (χ4v) is 4.31. The van der Waals surface area contributed by atoms with E-state index in [-0.39, 0.29) is 23.5 Å². The first-order chi connectivity index (χ1) is 17.9. The molecule has 2 aromatic carbocycles. The van der Waals surface area contributed by atoms with Crippen molar-refractivity contribution in [1.82, 2.24) is 14.7 Å². The van der Waals surface area contributed by atoms with Gasteiger partial charge < -0.3 is 19.7 Å². The molecule has 1 amide bonds. The number of piperidine rings is 1. The zero-order valence-corrected chi connectivity index (χ0v) is 21.5. The van der Waals surface area contributed by atoms with E-state index in [2.05, 4.69) is 10.4 Å². The maximum Gasteiger partial charge on any atom is 0.309 e. The summed E-state index contributed by atoms with van der Waals surface area (Å²) in [5.74, 6) is -0.129. The van der Waals surface area contributed by atoms with Gasteiger partial charge in [0.25, 0.3) is 11.5 Å². The van der Waals surface area contributed by atoms with Crippen LogP contribution < -0.4 is 15.6 Å². The van der Waals surface area contributed by atoms with Crippen molar-refractivity contribution in [2.45, 2.75) is 26.7 Å². The summed E-state index contributed by atoms with van der Waals surface area (Å²) in [6.45, 7) is 5.34. The number of carbonyl (C=O) groups is 2. The van der Waals surface area contributed by atoms with Crippen molar-refractivity contribution < 1.29 is 19.1 Å². The smallest absolute Gasteiger partial charge is 0.309 e. The zero-order chi connectivity index (χ0) is 26.4. The third kappa shape index (κ3) is 6.11. The summed E-state index contributed by atoms with van der Waals surface area (Å²) in [4.78, 5) is 40.0. The highest BCUT2D eigenvalue weighted by atomic mass is 35.5. The second-order valence-corrected chi connectivity index (χ2v) is 8.97. The normalized spacial score (nSPS) is 13.8. The molecule has 9 nitrogen and oxygen atoms in total. The standard InChI is InChI=1S/C27H29ClN4O5/c1-3-36-23-17-29-32(22-11-7-20(28)8-12-22)26(34)24(23)30-21-9-5-18(6-10-21)25(33)31-15-13-19(14-16-31)27(35)37-4-2/h5-12,17,19,30H,3-4,13-16H2,1-2H3. The van der Waals surface area contributed by atoms with Gasteiger partial charge in [-0.05, 0) is 75.2 Å². The third-order valence-corrected chi connectivity index (χ3v) is 6.37. The summed E-state index contributed by atoms with van der Waals surface area (Å²) >= 11 is 5.97. The monoisotopic (exact) mass is 524 g/mol. The van der Waals surface area contributed by atoms with Crippen molar-refractivity contribution in [3.8, 4) is 11.4 Å². The van der Waals surface area contributed by atoms with E-state index >= 15 is 0 Å². The van der Waals surface area contributed by atoms with Crippen LogP contribution in [0.1, 0.15) is 37.0 Å². The largest absolute Gasteiger partial charge is 0.490 e. The Morgan fingerprint density at radius 2 is 1.70 bits per heavy atom. The number of halogens is 1. The lowest BCUT2D eigenvalue weighted by atomic mass is 9.96. The molecule has 3 aromatic rings. The van der Waals surface area contributed by atoms with Gasteiger partial charge >= 0.3 is 5.97 Å². The molecule has 0 radical (unpaired) electrons.